The lowest BCUT2D eigenvalue weighted by molar-refractivity contribution is 0.0398. The van der Waals surface area contributed by atoms with Crippen molar-refractivity contribution in [1.29, 1.82) is 0 Å². The van der Waals surface area contributed by atoms with Gasteiger partial charge in [-0.2, -0.15) is 6.61 Å². The van der Waals surface area contributed by atoms with Crippen LogP contribution in [0.25, 0.3) is 0 Å². The molecule has 0 heterocycles. The summed E-state index contributed by atoms with van der Waals surface area (Å²) in [6.45, 7) is 38.0. The molecule has 0 saturated carbocycles. The third-order valence-electron chi connectivity index (χ3n) is 6.61. The Bertz CT molecular complexity index is 579. The summed E-state index contributed by atoms with van der Waals surface area (Å²) in [5, 5.41) is 22.4. The molecule has 0 aliphatic rings. The van der Waals surface area contributed by atoms with E-state index >= 15 is 0 Å². The van der Waals surface area contributed by atoms with Gasteiger partial charge in [-0.25, -0.2) is 13.1 Å². The first-order valence-electron chi connectivity index (χ1n) is 16.0. The zero-order valence-corrected chi connectivity index (χ0v) is 28.8. The lowest BCUT2D eigenvalue weighted by Gasteiger charge is -2.46. The van der Waals surface area contributed by atoms with Crippen molar-refractivity contribution in [2.45, 2.75) is 79.8 Å². The van der Waals surface area contributed by atoms with Crippen molar-refractivity contribution >= 4 is 0 Å². The lowest BCUT2D eigenvalue weighted by atomic mass is 9.93. The van der Waals surface area contributed by atoms with E-state index in [1.807, 2.05) is 13.1 Å². The number of hydrogen-bond acceptors (Lipinski definition) is 10. The maximum atomic E-state index is 8.68. The standard InChI is InChI=1S/C32H69N6O4/c1-30(2,3)10-24-40-25-15-33-11-19-37(21-13-35-18-28-42-29-23-39)20-12-34-16-26-41-27-17-36-14-22-38(31(4,5)6)32(7,8)9/h15,17,23,33-36,39H,10-14,16,18-22,24-29H2,1-9H3/q-3. The van der Waals surface area contributed by atoms with E-state index in [-0.39, 0.29) is 17.7 Å². The van der Waals surface area contributed by atoms with Crippen LogP contribution in [0.2, 0.25) is 0 Å². The minimum Gasteiger partial charge on any atom is -0.564 e. The number of rotatable bonds is 28. The summed E-state index contributed by atoms with van der Waals surface area (Å²) in [6, 6.07) is 0. The molecule has 0 spiro atoms. The topological polar surface area (TPSA) is 103 Å². The first kappa shape index (κ1) is 41.6. The Labute approximate surface area is 260 Å². The molecule has 0 fully saturated rings. The van der Waals surface area contributed by atoms with Gasteiger partial charge in [0.25, 0.3) is 0 Å². The third-order valence-corrected chi connectivity index (χ3v) is 6.61. The van der Waals surface area contributed by atoms with Crippen LogP contribution in [-0.4, -0.2) is 131 Å². The molecule has 0 rings (SSSR count). The van der Waals surface area contributed by atoms with Gasteiger partial charge >= 0.3 is 0 Å². The van der Waals surface area contributed by atoms with E-state index in [1.54, 1.807) is 0 Å². The Hall–Kier alpha value is -0.400. The van der Waals surface area contributed by atoms with Crippen LogP contribution >= 0.6 is 0 Å². The average molecular weight is 602 g/mol. The molecule has 254 valence electrons. The van der Waals surface area contributed by atoms with Crippen LogP contribution in [0.5, 0.6) is 0 Å². The Morgan fingerprint density at radius 3 is 1.50 bits per heavy atom. The van der Waals surface area contributed by atoms with Crippen LogP contribution in [0.15, 0.2) is 0 Å². The van der Waals surface area contributed by atoms with Crippen molar-refractivity contribution in [2.24, 2.45) is 5.41 Å². The highest BCUT2D eigenvalue weighted by molar-refractivity contribution is 4.87. The molecule has 0 bridgehead atoms. The fourth-order valence-corrected chi connectivity index (χ4v) is 4.55. The predicted octanol–water partition coefficient (Wildman–Crippen LogP) is 2.89. The summed E-state index contributed by atoms with van der Waals surface area (Å²) < 4.78 is 16.7. The molecule has 42 heavy (non-hydrogen) atoms. The van der Waals surface area contributed by atoms with Crippen molar-refractivity contribution in [3.63, 3.8) is 0 Å². The summed E-state index contributed by atoms with van der Waals surface area (Å²) in [5.41, 5.74) is 0.582. The molecule has 5 N–H and O–H groups in total. The van der Waals surface area contributed by atoms with Crippen LogP contribution in [0.4, 0.5) is 0 Å². The fourth-order valence-electron chi connectivity index (χ4n) is 4.55. The molecular weight excluding hydrogens is 532 g/mol. The SMILES string of the molecule is CC(C)(C)CCOC[CH-]NCCN(CCNCCOC[CH-]O)CCNCCOC[CH-]NCCN(C(C)(C)C)C(C)(C)C. The first-order chi connectivity index (χ1) is 19.8. The van der Waals surface area contributed by atoms with Crippen molar-refractivity contribution in [1.82, 2.24) is 31.1 Å². The van der Waals surface area contributed by atoms with E-state index in [1.165, 1.54) is 0 Å². The highest BCUT2D eigenvalue weighted by atomic mass is 16.5. The summed E-state index contributed by atoms with van der Waals surface area (Å²) in [7, 11) is 0. The summed E-state index contributed by atoms with van der Waals surface area (Å²) in [5.74, 6) is 0. The van der Waals surface area contributed by atoms with Crippen LogP contribution in [0.3, 0.4) is 0 Å². The second-order valence-corrected chi connectivity index (χ2v) is 13.9. The molecule has 0 atom stereocenters. The second kappa shape index (κ2) is 24.9. The Morgan fingerprint density at radius 2 is 1.02 bits per heavy atom. The minimum absolute atomic E-state index is 0.137. The van der Waals surface area contributed by atoms with Gasteiger partial charge in [0.15, 0.2) is 0 Å². The minimum atomic E-state index is 0.137. The van der Waals surface area contributed by atoms with Gasteiger partial charge in [-0.15, -0.1) is 0 Å². The van der Waals surface area contributed by atoms with E-state index < -0.39 is 0 Å². The van der Waals surface area contributed by atoms with Gasteiger partial charge in [-0.1, -0.05) is 40.6 Å². The molecule has 0 amide bonds. The molecular formula is C32H69N6O4-3. The number of aliphatic hydroxyl groups is 1. The predicted molar refractivity (Wildman–Crippen MR) is 176 cm³/mol. The number of aliphatic hydroxyl groups excluding tert-OH is 1. The summed E-state index contributed by atoms with van der Waals surface area (Å²) >= 11 is 0. The highest BCUT2D eigenvalue weighted by Gasteiger charge is 2.30. The van der Waals surface area contributed by atoms with Crippen LogP contribution in [0, 0.1) is 25.1 Å². The van der Waals surface area contributed by atoms with Gasteiger partial charge in [0, 0.05) is 70.0 Å². The first-order valence-corrected chi connectivity index (χ1v) is 16.0. The van der Waals surface area contributed by atoms with Gasteiger partial charge in [-0.05, 0) is 66.5 Å². The molecule has 0 aromatic heterocycles. The third kappa shape index (κ3) is 27.2. The monoisotopic (exact) mass is 602 g/mol. The number of ether oxygens (including phenoxy) is 3. The lowest BCUT2D eigenvalue weighted by Crippen LogP contribution is -2.54. The van der Waals surface area contributed by atoms with Crippen LogP contribution in [-0.2, 0) is 14.2 Å². The van der Waals surface area contributed by atoms with Crippen molar-refractivity contribution in [2.75, 3.05) is 105 Å². The smallest absolute Gasteiger partial charge is 0.0556 e. The number of hydrogen-bond donors (Lipinski definition) is 5. The molecule has 10 nitrogen and oxygen atoms in total. The van der Waals surface area contributed by atoms with E-state index in [0.717, 1.165) is 85.1 Å². The van der Waals surface area contributed by atoms with Crippen molar-refractivity contribution in [3.05, 3.63) is 19.7 Å². The molecule has 0 saturated heterocycles. The van der Waals surface area contributed by atoms with Crippen molar-refractivity contribution < 1.29 is 19.3 Å². The zero-order valence-electron chi connectivity index (χ0n) is 28.8. The van der Waals surface area contributed by atoms with E-state index in [2.05, 4.69) is 93.4 Å². The molecule has 0 radical (unpaired) electrons. The quantitative estimate of drug-likeness (QED) is 0.0680. The zero-order chi connectivity index (χ0) is 31.7. The molecule has 0 aromatic carbocycles. The molecule has 0 aromatic rings. The molecule has 10 heteroatoms. The Balaban J connectivity index is 4.04. The highest BCUT2D eigenvalue weighted by Crippen LogP contribution is 2.23. The maximum Gasteiger partial charge on any atom is 0.0556 e. The average Bonchev–Trinajstić information content (AvgIpc) is 2.87. The molecule has 0 aliphatic heterocycles. The van der Waals surface area contributed by atoms with E-state index in [9.17, 15) is 0 Å². The summed E-state index contributed by atoms with van der Waals surface area (Å²) in [6.07, 6.45) is 1.06. The van der Waals surface area contributed by atoms with Gasteiger partial charge in [0.1, 0.15) is 0 Å². The number of nitrogens with one attached hydrogen (secondary N) is 4. The van der Waals surface area contributed by atoms with Gasteiger partial charge < -0.3 is 40.6 Å². The normalized spacial score (nSPS) is 13.1. The van der Waals surface area contributed by atoms with Gasteiger partial charge in [0.05, 0.1) is 13.2 Å². The van der Waals surface area contributed by atoms with E-state index in [4.69, 9.17) is 19.3 Å². The van der Waals surface area contributed by atoms with Crippen molar-refractivity contribution in [3.8, 4) is 0 Å². The molecule has 0 unspecified atom stereocenters. The van der Waals surface area contributed by atoms with Gasteiger partial charge in [-0.3, -0.25) is 9.80 Å². The molecule has 0 aliphatic carbocycles. The largest absolute Gasteiger partial charge is 0.564 e. The van der Waals surface area contributed by atoms with Crippen LogP contribution < -0.4 is 21.3 Å². The maximum absolute atomic E-state index is 8.68. The fraction of sp³-hybridized carbons (Fsp3) is 0.906. The Kier molecular flexibility index (Phi) is 24.6. The van der Waals surface area contributed by atoms with Crippen LogP contribution in [0.1, 0.15) is 68.7 Å². The summed E-state index contributed by atoms with van der Waals surface area (Å²) in [4.78, 5) is 4.97. The second-order valence-electron chi connectivity index (χ2n) is 13.9. The number of nitrogens with zero attached hydrogens (tertiary/aromatic N) is 2. The Morgan fingerprint density at radius 1 is 0.571 bits per heavy atom. The van der Waals surface area contributed by atoms with E-state index in [0.29, 0.717) is 31.8 Å². The van der Waals surface area contributed by atoms with Gasteiger partial charge in [0.2, 0.25) is 0 Å².